The van der Waals surface area contributed by atoms with Gasteiger partial charge in [0, 0.05) is 25.5 Å². The van der Waals surface area contributed by atoms with E-state index < -0.39 is 0 Å². The number of aromatic nitrogens is 5. The summed E-state index contributed by atoms with van der Waals surface area (Å²) in [5.41, 5.74) is 2.51. The first kappa shape index (κ1) is 13.7. The van der Waals surface area contributed by atoms with Crippen molar-refractivity contribution in [2.75, 3.05) is 23.4 Å². The number of hydrazine groups is 1. The zero-order valence-electron chi connectivity index (χ0n) is 11.9. The number of anilines is 2. The fourth-order valence-electron chi connectivity index (χ4n) is 2.50. The lowest BCUT2D eigenvalue weighted by Gasteiger charge is -2.25. The lowest BCUT2D eigenvalue weighted by Crippen LogP contribution is -2.30. The normalized spacial score (nSPS) is 16.3. The van der Waals surface area contributed by atoms with E-state index in [9.17, 15) is 0 Å². The molecule has 8 nitrogen and oxygen atoms in total. The lowest BCUT2D eigenvalue weighted by molar-refractivity contribution is 0.549. The maximum absolute atomic E-state index is 5.48. The Morgan fingerprint density at radius 2 is 1.67 bits per heavy atom. The smallest absolute Gasteiger partial charge is 0.257 e. The Hall–Kier alpha value is -2.22. The molecule has 0 amide bonds. The molecule has 112 valence electrons. The third-order valence-electron chi connectivity index (χ3n) is 3.59. The molecule has 1 saturated heterocycles. The SMILES string of the molecule is NNc1nc(N2CCCCCCC2)nc(-n2cccn2)n1. The van der Waals surface area contributed by atoms with Crippen molar-refractivity contribution in [1.29, 1.82) is 0 Å². The van der Waals surface area contributed by atoms with E-state index in [4.69, 9.17) is 5.84 Å². The van der Waals surface area contributed by atoms with Gasteiger partial charge in [-0.1, -0.05) is 19.3 Å². The van der Waals surface area contributed by atoms with E-state index in [-0.39, 0.29) is 0 Å². The molecule has 1 aliphatic heterocycles. The van der Waals surface area contributed by atoms with Crippen LogP contribution >= 0.6 is 0 Å². The van der Waals surface area contributed by atoms with Crippen molar-refractivity contribution < 1.29 is 0 Å². The van der Waals surface area contributed by atoms with Crippen molar-refractivity contribution in [2.24, 2.45) is 5.84 Å². The summed E-state index contributed by atoms with van der Waals surface area (Å²) in [7, 11) is 0. The molecule has 1 aliphatic rings. The molecule has 8 heteroatoms. The van der Waals surface area contributed by atoms with E-state index >= 15 is 0 Å². The van der Waals surface area contributed by atoms with Crippen molar-refractivity contribution in [1.82, 2.24) is 24.7 Å². The molecule has 2 aromatic heterocycles. The molecule has 21 heavy (non-hydrogen) atoms. The molecular formula is C13H20N8. The second-order valence-electron chi connectivity index (χ2n) is 5.11. The van der Waals surface area contributed by atoms with Crippen LogP contribution in [-0.4, -0.2) is 37.8 Å². The van der Waals surface area contributed by atoms with Gasteiger partial charge in [0.05, 0.1) is 0 Å². The minimum Gasteiger partial charge on any atom is -0.341 e. The maximum atomic E-state index is 5.48. The van der Waals surface area contributed by atoms with Gasteiger partial charge in [0.25, 0.3) is 5.95 Å². The van der Waals surface area contributed by atoms with Gasteiger partial charge in [-0.3, -0.25) is 5.43 Å². The Morgan fingerprint density at radius 1 is 0.952 bits per heavy atom. The minimum atomic E-state index is 0.354. The van der Waals surface area contributed by atoms with Crippen LogP contribution in [0.1, 0.15) is 32.1 Å². The van der Waals surface area contributed by atoms with Crippen LogP contribution in [-0.2, 0) is 0 Å². The molecule has 3 rings (SSSR count). The highest BCUT2D eigenvalue weighted by molar-refractivity contribution is 5.39. The van der Waals surface area contributed by atoms with Gasteiger partial charge in [0.1, 0.15) is 0 Å². The highest BCUT2D eigenvalue weighted by Crippen LogP contribution is 2.17. The Bertz CT molecular complexity index is 560. The average Bonchev–Trinajstić information content (AvgIpc) is 3.00. The largest absolute Gasteiger partial charge is 0.341 e. The summed E-state index contributed by atoms with van der Waals surface area (Å²) >= 11 is 0. The van der Waals surface area contributed by atoms with E-state index in [2.05, 4.69) is 30.4 Å². The van der Waals surface area contributed by atoms with Crippen molar-refractivity contribution >= 4 is 11.9 Å². The Kier molecular flexibility index (Phi) is 4.25. The Morgan fingerprint density at radius 3 is 2.33 bits per heavy atom. The van der Waals surface area contributed by atoms with Crippen molar-refractivity contribution in [3.05, 3.63) is 18.5 Å². The molecule has 0 atom stereocenters. The Balaban J connectivity index is 1.91. The van der Waals surface area contributed by atoms with Crippen LogP contribution in [0, 0.1) is 0 Å². The molecule has 2 aromatic rings. The summed E-state index contributed by atoms with van der Waals surface area (Å²) in [6.45, 7) is 1.93. The first-order valence-electron chi connectivity index (χ1n) is 7.34. The fourth-order valence-corrected chi connectivity index (χ4v) is 2.50. The van der Waals surface area contributed by atoms with Crippen LogP contribution in [0.2, 0.25) is 0 Å². The second kappa shape index (κ2) is 6.49. The summed E-state index contributed by atoms with van der Waals surface area (Å²) in [4.78, 5) is 15.4. The first-order valence-corrected chi connectivity index (χ1v) is 7.34. The van der Waals surface area contributed by atoms with Gasteiger partial charge in [-0.05, 0) is 18.9 Å². The molecular weight excluding hydrogens is 268 g/mol. The zero-order valence-corrected chi connectivity index (χ0v) is 11.9. The third kappa shape index (κ3) is 3.27. The predicted octanol–water partition coefficient (Wildman–Crippen LogP) is 1.11. The van der Waals surface area contributed by atoms with E-state index in [0.29, 0.717) is 17.8 Å². The monoisotopic (exact) mass is 288 g/mol. The van der Waals surface area contributed by atoms with Gasteiger partial charge in [0.2, 0.25) is 11.9 Å². The molecule has 0 bridgehead atoms. The van der Waals surface area contributed by atoms with Crippen molar-refractivity contribution in [3.63, 3.8) is 0 Å². The van der Waals surface area contributed by atoms with E-state index in [1.165, 1.54) is 19.3 Å². The van der Waals surface area contributed by atoms with Gasteiger partial charge < -0.3 is 4.90 Å². The van der Waals surface area contributed by atoms with Gasteiger partial charge in [0.15, 0.2) is 0 Å². The van der Waals surface area contributed by atoms with Gasteiger partial charge in [-0.15, -0.1) is 0 Å². The number of hydrogen-bond donors (Lipinski definition) is 2. The number of nitrogens with zero attached hydrogens (tertiary/aromatic N) is 6. The molecule has 0 radical (unpaired) electrons. The fraction of sp³-hybridized carbons (Fsp3) is 0.538. The summed E-state index contributed by atoms with van der Waals surface area (Å²) in [5.74, 6) is 6.96. The highest BCUT2D eigenvalue weighted by Gasteiger charge is 2.15. The number of nitrogens with one attached hydrogen (secondary N) is 1. The average molecular weight is 288 g/mol. The van der Waals surface area contributed by atoms with Gasteiger partial charge >= 0.3 is 0 Å². The molecule has 3 heterocycles. The molecule has 0 aromatic carbocycles. The molecule has 0 unspecified atom stereocenters. The summed E-state index contributed by atoms with van der Waals surface area (Å²) in [6, 6.07) is 1.83. The maximum Gasteiger partial charge on any atom is 0.257 e. The van der Waals surface area contributed by atoms with Crippen LogP contribution in [0.4, 0.5) is 11.9 Å². The number of rotatable bonds is 3. The van der Waals surface area contributed by atoms with E-state index in [1.54, 1.807) is 17.1 Å². The van der Waals surface area contributed by atoms with Crippen LogP contribution in [0.25, 0.3) is 5.95 Å². The summed E-state index contributed by atoms with van der Waals surface area (Å²) in [5, 5.41) is 4.16. The Labute approximate surface area is 123 Å². The van der Waals surface area contributed by atoms with Crippen molar-refractivity contribution in [3.8, 4) is 5.95 Å². The van der Waals surface area contributed by atoms with Crippen molar-refractivity contribution in [2.45, 2.75) is 32.1 Å². The van der Waals surface area contributed by atoms with Crippen LogP contribution < -0.4 is 16.2 Å². The summed E-state index contributed by atoms with van der Waals surface area (Å²) in [6.07, 6.45) is 9.65. The second-order valence-corrected chi connectivity index (χ2v) is 5.11. The third-order valence-corrected chi connectivity index (χ3v) is 3.59. The minimum absolute atomic E-state index is 0.354. The topological polar surface area (TPSA) is 97.8 Å². The molecule has 0 saturated carbocycles. The van der Waals surface area contributed by atoms with Crippen LogP contribution in [0.5, 0.6) is 0 Å². The van der Waals surface area contributed by atoms with E-state index in [0.717, 1.165) is 25.9 Å². The predicted molar refractivity (Wildman–Crippen MR) is 80.1 cm³/mol. The number of nitrogen functional groups attached to an aromatic ring is 1. The highest BCUT2D eigenvalue weighted by atomic mass is 15.4. The lowest BCUT2D eigenvalue weighted by atomic mass is 10.1. The molecule has 0 aliphatic carbocycles. The number of hydrogen-bond acceptors (Lipinski definition) is 7. The van der Waals surface area contributed by atoms with Gasteiger partial charge in [-0.2, -0.15) is 20.1 Å². The van der Waals surface area contributed by atoms with E-state index in [1.807, 2.05) is 6.07 Å². The zero-order chi connectivity index (χ0) is 14.5. The summed E-state index contributed by atoms with van der Waals surface area (Å²) < 4.78 is 1.61. The standard InChI is InChI=1S/C13H20N8/c14-19-11-16-12(20-8-4-2-1-3-5-9-20)18-13(17-11)21-10-6-7-15-21/h6-7,10H,1-5,8-9,14H2,(H,16,17,18,19). The van der Waals surface area contributed by atoms with Crippen LogP contribution in [0.3, 0.4) is 0 Å². The molecule has 1 fully saturated rings. The van der Waals surface area contributed by atoms with Gasteiger partial charge in [-0.25, -0.2) is 10.5 Å². The molecule has 3 N–H and O–H groups in total. The van der Waals surface area contributed by atoms with Crippen LogP contribution in [0.15, 0.2) is 18.5 Å². The first-order chi connectivity index (χ1) is 10.4. The number of nitrogens with two attached hydrogens (primary N) is 1. The quantitative estimate of drug-likeness (QED) is 0.645. The molecule has 0 spiro atoms.